The van der Waals surface area contributed by atoms with Crippen molar-refractivity contribution >= 4 is 6.09 Å². The van der Waals surface area contributed by atoms with E-state index < -0.39 is 0 Å². The summed E-state index contributed by atoms with van der Waals surface area (Å²) in [5.74, 6) is 0. The van der Waals surface area contributed by atoms with Gasteiger partial charge < -0.3 is 9.64 Å². The Morgan fingerprint density at radius 2 is 1.68 bits per heavy atom. The number of benzene rings is 1. The van der Waals surface area contributed by atoms with Crippen LogP contribution in [-0.2, 0) is 4.74 Å². The molecule has 19 heavy (non-hydrogen) atoms. The SMILES string of the molecule is Cc1cccc(C(C)OC(=O)N(C(C)C)C(C)C)c1. The summed E-state index contributed by atoms with van der Waals surface area (Å²) in [4.78, 5) is 14.0. The van der Waals surface area contributed by atoms with Gasteiger partial charge in [0.25, 0.3) is 0 Å². The van der Waals surface area contributed by atoms with Crippen LogP contribution >= 0.6 is 0 Å². The molecule has 0 heterocycles. The van der Waals surface area contributed by atoms with Crippen molar-refractivity contribution in [1.29, 1.82) is 0 Å². The first-order valence-corrected chi connectivity index (χ1v) is 6.88. The van der Waals surface area contributed by atoms with Crippen LogP contribution in [0.2, 0.25) is 0 Å². The first kappa shape index (κ1) is 15.5. The van der Waals surface area contributed by atoms with Crippen LogP contribution in [0.4, 0.5) is 4.79 Å². The molecule has 0 N–H and O–H groups in total. The molecule has 1 aromatic carbocycles. The molecule has 0 aliphatic heterocycles. The normalized spacial score (nSPS) is 12.6. The molecule has 3 heteroatoms. The van der Waals surface area contributed by atoms with Crippen LogP contribution < -0.4 is 0 Å². The smallest absolute Gasteiger partial charge is 0.410 e. The van der Waals surface area contributed by atoms with Crippen LogP contribution in [0.1, 0.15) is 51.8 Å². The maximum Gasteiger partial charge on any atom is 0.410 e. The Balaban J connectivity index is 2.75. The van der Waals surface area contributed by atoms with Crippen molar-refractivity contribution in [3.63, 3.8) is 0 Å². The molecule has 1 amide bonds. The molecule has 3 nitrogen and oxygen atoms in total. The van der Waals surface area contributed by atoms with Gasteiger partial charge in [0.05, 0.1) is 0 Å². The maximum absolute atomic E-state index is 12.2. The van der Waals surface area contributed by atoms with E-state index in [0.29, 0.717) is 0 Å². The third kappa shape index (κ3) is 4.27. The van der Waals surface area contributed by atoms with Crippen molar-refractivity contribution in [2.75, 3.05) is 0 Å². The summed E-state index contributed by atoms with van der Waals surface area (Å²) >= 11 is 0. The molecule has 0 fully saturated rings. The molecule has 1 atom stereocenters. The first-order valence-electron chi connectivity index (χ1n) is 6.88. The Bertz CT molecular complexity index is 419. The van der Waals surface area contributed by atoms with Crippen molar-refractivity contribution in [2.24, 2.45) is 0 Å². The number of ether oxygens (including phenoxy) is 1. The van der Waals surface area contributed by atoms with Crippen LogP contribution in [0.25, 0.3) is 0 Å². The van der Waals surface area contributed by atoms with Gasteiger partial charge in [0.2, 0.25) is 0 Å². The fourth-order valence-electron chi connectivity index (χ4n) is 2.22. The van der Waals surface area contributed by atoms with Crippen molar-refractivity contribution in [2.45, 2.75) is 59.7 Å². The van der Waals surface area contributed by atoms with E-state index in [9.17, 15) is 4.79 Å². The molecule has 1 rings (SSSR count). The standard InChI is InChI=1S/C16H25NO2/c1-11(2)17(12(3)4)16(18)19-14(6)15-9-7-8-13(5)10-15/h7-12,14H,1-6H3. The van der Waals surface area contributed by atoms with E-state index in [1.165, 1.54) is 5.56 Å². The van der Waals surface area contributed by atoms with E-state index in [4.69, 9.17) is 4.74 Å². The van der Waals surface area contributed by atoms with Gasteiger partial charge in [-0.15, -0.1) is 0 Å². The quantitative estimate of drug-likeness (QED) is 0.810. The van der Waals surface area contributed by atoms with Gasteiger partial charge in [-0.05, 0) is 47.1 Å². The predicted octanol–water partition coefficient (Wildman–Crippen LogP) is 4.31. The monoisotopic (exact) mass is 263 g/mol. The molecule has 0 aromatic heterocycles. The van der Waals surface area contributed by atoms with Gasteiger partial charge in [0.1, 0.15) is 6.10 Å². The van der Waals surface area contributed by atoms with Crippen LogP contribution in [-0.4, -0.2) is 23.1 Å². The lowest BCUT2D eigenvalue weighted by Crippen LogP contribution is -2.42. The van der Waals surface area contributed by atoms with Gasteiger partial charge in [0, 0.05) is 12.1 Å². The predicted molar refractivity (Wildman–Crippen MR) is 78.2 cm³/mol. The molecular formula is C16H25NO2. The molecule has 0 spiro atoms. The summed E-state index contributed by atoms with van der Waals surface area (Å²) in [5.41, 5.74) is 2.20. The van der Waals surface area contributed by atoms with Crippen LogP contribution in [0.3, 0.4) is 0 Å². The average molecular weight is 263 g/mol. The maximum atomic E-state index is 12.2. The van der Waals surface area contributed by atoms with Gasteiger partial charge in [0.15, 0.2) is 0 Å². The fraction of sp³-hybridized carbons (Fsp3) is 0.562. The Morgan fingerprint density at radius 1 is 1.11 bits per heavy atom. The molecular weight excluding hydrogens is 238 g/mol. The largest absolute Gasteiger partial charge is 0.442 e. The number of rotatable bonds is 4. The zero-order valence-electron chi connectivity index (χ0n) is 12.8. The third-order valence-corrected chi connectivity index (χ3v) is 3.11. The Kier molecular flexibility index (Phi) is 5.40. The molecule has 0 bridgehead atoms. The summed E-state index contributed by atoms with van der Waals surface area (Å²) in [6, 6.07) is 8.33. The first-order chi connectivity index (χ1) is 8.82. The lowest BCUT2D eigenvalue weighted by molar-refractivity contribution is 0.0511. The summed E-state index contributed by atoms with van der Waals surface area (Å²) in [5, 5.41) is 0. The molecule has 106 valence electrons. The van der Waals surface area contributed by atoms with E-state index in [-0.39, 0.29) is 24.3 Å². The lowest BCUT2D eigenvalue weighted by atomic mass is 10.1. The minimum Gasteiger partial charge on any atom is -0.442 e. The Morgan fingerprint density at radius 3 is 2.16 bits per heavy atom. The second-order valence-electron chi connectivity index (χ2n) is 5.53. The van der Waals surface area contributed by atoms with Gasteiger partial charge in [-0.2, -0.15) is 0 Å². The van der Waals surface area contributed by atoms with E-state index in [2.05, 4.69) is 0 Å². The second-order valence-corrected chi connectivity index (χ2v) is 5.53. The summed E-state index contributed by atoms with van der Waals surface area (Å²) < 4.78 is 5.56. The van der Waals surface area contributed by atoms with Crippen LogP contribution in [0, 0.1) is 6.92 Å². The molecule has 0 aliphatic carbocycles. The van der Waals surface area contributed by atoms with Crippen molar-refractivity contribution in [1.82, 2.24) is 4.90 Å². The van der Waals surface area contributed by atoms with E-state index in [1.807, 2.05) is 65.8 Å². The average Bonchev–Trinajstić information content (AvgIpc) is 2.27. The zero-order chi connectivity index (χ0) is 14.6. The highest BCUT2D eigenvalue weighted by atomic mass is 16.6. The Hall–Kier alpha value is -1.51. The third-order valence-electron chi connectivity index (χ3n) is 3.11. The topological polar surface area (TPSA) is 29.5 Å². The highest BCUT2D eigenvalue weighted by Crippen LogP contribution is 2.20. The minimum atomic E-state index is -0.251. The fourth-order valence-corrected chi connectivity index (χ4v) is 2.22. The van der Waals surface area contributed by atoms with Crippen molar-refractivity contribution < 1.29 is 9.53 Å². The molecule has 0 saturated carbocycles. The van der Waals surface area contributed by atoms with E-state index >= 15 is 0 Å². The van der Waals surface area contributed by atoms with Gasteiger partial charge >= 0.3 is 6.09 Å². The zero-order valence-corrected chi connectivity index (χ0v) is 12.8. The van der Waals surface area contributed by atoms with Gasteiger partial charge in [-0.1, -0.05) is 29.8 Å². The number of nitrogens with zero attached hydrogens (tertiary/aromatic N) is 1. The summed E-state index contributed by atoms with van der Waals surface area (Å²) in [6.07, 6.45) is -0.480. The van der Waals surface area contributed by atoms with E-state index in [1.54, 1.807) is 4.90 Å². The van der Waals surface area contributed by atoms with Crippen molar-refractivity contribution in [3.8, 4) is 0 Å². The summed E-state index contributed by atoms with van der Waals surface area (Å²) in [6.45, 7) is 11.9. The number of amides is 1. The van der Waals surface area contributed by atoms with E-state index in [0.717, 1.165) is 5.56 Å². The number of aryl methyl sites for hydroxylation is 1. The second kappa shape index (κ2) is 6.60. The highest BCUT2D eigenvalue weighted by Gasteiger charge is 2.23. The van der Waals surface area contributed by atoms with Gasteiger partial charge in [-0.3, -0.25) is 0 Å². The number of hydrogen-bond donors (Lipinski definition) is 0. The molecule has 0 radical (unpaired) electrons. The van der Waals surface area contributed by atoms with Crippen molar-refractivity contribution in [3.05, 3.63) is 35.4 Å². The number of carbonyl (C=O) groups is 1. The Labute approximate surface area is 116 Å². The molecule has 1 aromatic rings. The molecule has 0 aliphatic rings. The number of carbonyl (C=O) groups excluding carboxylic acids is 1. The molecule has 0 saturated heterocycles. The molecule has 1 unspecified atom stereocenters. The summed E-state index contributed by atoms with van der Waals surface area (Å²) in [7, 11) is 0. The van der Waals surface area contributed by atoms with Gasteiger partial charge in [-0.25, -0.2) is 4.79 Å². The lowest BCUT2D eigenvalue weighted by Gasteiger charge is -2.31. The van der Waals surface area contributed by atoms with Crippen LogP contribution in [0.5, 0.6) is 0 Å². The van der Waals surface area contributed by atoms with Crippen LogP contribution in [0.15, 0.2) is 24.3 Å². The minimum absolute atomic E-state index is 0.136. The highest BCUT2D eigenvalue weighted by molar-refractivity contribution is 5.68. The number of hydrogen-bond acceptors (Lipinski definition) is 2.